The molecule has 2 aromatic heterocycles. The van der Waals surface area contributed by atoms with E-state index in [1.54, 1.807) is 36.4 Å². The Labute approximate surface area is 214 Å². The first-order valence-corrected chi connectivity index (χ1v) is 12.1. The summed E-state index contributed by atoms with van der Waals surface area (Å²) in [6, 6.07) is 16.9. The van der Waals surface area contributed by atoms with Crippen molar-refractivity contribution < 1.29 is 24.1 Å². The van der Waals surface area contributed by atoms with E-state index in [4.69, 9.17) is 21.1 Å². The first kappa shape index (κ1) is 24.2. The molecular weight excluding hydrogens is 505 g/mol. The smallest absolute Gasteiger partial charge is 0.228 e. The zero-order valence-corrected chi connectivity index (χ0v) is 20.6. The van der Waals surface area contributed by atoms with Gasteiger partial charge < -0.3 is 25.0 Å². The van der Waals surface area contributed by atoms with E-state index in [0.29, 0.717) is 33.6 Å². The zero-order chi connectivity index (χ0) is 25.3. The highest BCUT2D eigenvalue weighted by molar-refractivity contribution is 7.25. The lowest BCUT2D eigenvalue weighted by Gasteiger charge is -2.22. The van der Waals surface area contributed by atoms with Crippen LogP contribution in [0.2, 0.25) is 5.02 Å². The van der Waals surface area contributed by atoms with E-state index in [9.17, 15) is 14.6 Å². The van der Waals surface area contributed by atoms with E-state index in [1.165, 1.54) is 36.7 Å². The Morgan fingerprint density at radius 2 is 1.97 bits per heavy atom. The van der Waals surface area contributed by atoms with Gasteiger partial charge in [-0.05, 0) is 54.1 Å². The third-order valence-corrected chi connectivity index (χ3v) is 6.71. The summed E-state index contributed by atoms with van der Waals surface area (Å²) in [7, 11) is 0. The molecule has 0 aliphatic carbocycles. The minimum Gasteiger partial charge on any atom is -0.487 e. The molecule has 0 saturated heterocycles. The number of nitrogens with one attached hydrogen (secondary N) is 1. The van der Waals surface area contributed by atoms with Crippen LogP contribution in [0.4, 0.5) is 15.9 Å². The van der Waals surface area contributed by atoms with Gasteiger partial charge in [0, 0.05) is 22.7 Å². The molecule has 184 valence electrons. The highest BCUT2D eigenvalue weighted by atomic mass is 35.5. The van der Waals surface area contributed by atoms with Gasteiger partial charge in [-0.25, -0.2) is 14.4 Å². The van der Waals surface area contributed by atoms with Crippen molar-refractivity contribution >= 4 is 54.7 Å². The standard InChI is InChI=1S/C26H21ClFN3O4S/c1-26(33,13-32)35-18-6-7-19-22(11-18)36-25-23(19)24(29-14-30-25)31-17-5-8-21(20(27)10-17)34-12-15-3-2-4-16(28)9-15/h2-11,14,32-33H,12-13H2,1H3,(H,29,30,31). The minimum atomic E-state index is -1.68. The lowest BCUT2D eigenvalue weighted by Crippen LogP contribution is -2.35. The highest BCUT2D eigenvalue weighted by Gasteiger charge is 2.22. The van der Waals surface area contributed by atoms with Gasteiger partial charge in [-0.3, -0.25) is 0 Å². The third kappa shape index (κ3) is 5.19. The summed E-state index contributed by atoms with van der Waals surface area (Å²) >= 11 is 7.90. The second-order valence-electron chi connectivity index (χ2n) is 8.29. The molecular formula is C26H21ClFN3O4S. The molecule has 5 rings (SSSR count). The fourth-order valence-electron chi connectivity index (χ4n) is 3.65. The number of hydrogen-bond donors (Lipinski definition) is 3. The van der Waals surface area contributed by atoms with Gasteiger partial charge in [-0.15, -0.1) is 11.3 Å². The molecule has 1 unspecified atom stereocenters. The van der Waals surface area contributed by atoms with Crippen LogP contribution in [0.3, 0.4) is 0 Å². The molecule has 0 bridgehead atoms. The van der Waals surface area contributed by atoms with Crippen molar-refractivity contribution in [1.82, 2.24) is 9.97 Å². The summed E-state index contributed by atoms with van der Waals surface area (Å²) in [4.78, 5) is 9.60. The van der Waals surface area contributed by atoms with Gasteiger partial charge in [-0.1, -0.05) is 23.7 Å². The lowest BCUT2D eigenvalue weighted by molar-refractivity contribution is -0.150. The summed E-state index contributed by atoms with van der Waals surface area (Å²) in [6.07, 6.45) is 1.48. The number of fused-ring (bicyclic) bond motifs is 3. The van der Waals surface area contributed by atoms with Gasteiger partial charge in [-0.2, -0.15) is 0 Å². The van der Waals surface area contributed by atoms with Crippen LogP contribution in [0.15, 0.2) is 67.0 Å². The lowest BCUT2D eigenvalue weighted by atomic mass is 10.2. The second-order valence-corrected chi connectivity index (χ2v) is 9.72. The normalized spacial score (nSPS) is 13.0. The Kier molecular flexibility index (Phi) is 6.63. The van der Waals surface area contributed by atoms with Crippen molar-refractivity contribution in [2.75, 3.05) is 11.9 Å². The van der Waals surface area contributed by atoms with E-state index in [-0.39, 0.29) is 12.4 Å². The molecule has 0 radical (unpaired) electrons. The number of halogens is 2. The number of aromatic nitrogens is 2. The quantitative estimate of drug-likeness (QED) is 0.212. The van der Waals surface area contributed by atoms with Crippen LogP contribution in [-0.2, 0) is 6.61 Å². The topological polar surface area (TPSA) is 96.7 Å². The van der Waals surface area contributed by atoms with Crippen molar-refractivity contribution in [2.24, 2.45) is 0 Å². The van der Waals surface area contributed by atoms with E-state index in [2.05, 4.69) is 15.3 Å². The van der Waals surface area contributed by atoms with Gasteiger partial charge >= 0.3 is 0 Å². The monoisotopic (exact) mass is 525 g/mol. The van der Waals surface area contributed by atoms with Crippen molar-refractivity contribution in [3.63, 3.8) is 0 Å². The molecule has 0 spiro atoms. The molecule has 0 amide bonds. The van der Waals surface area contributed by atoms with E-state index >= 15 is 0 Å². The Balaban J connectivity index is 1.39. The Hall–Kier alpha value is -3.50. The molecule has 36 heavy (non-hydrogen) atoms. The summed E-state index contributed by atoms with van der Waals surface area (Å²) in [5.74, 6) is -0.488. The highest BCUT2D eigenvalue weighted by Crippen LogP contribution is 2.39. The van der Waals surface area contributed by atoms with Crippen molar-refractivity contribution in [3.8, 4) is 11.5 Å². The number of aliphatic hydroxyl groups is 2. The van der Waals surface area contributed by atoms with Gasteiger partial charge in [0.2, 0.25) is 5.79 Å². The average Bonchev–Trinajstić information content (AvgIpc) is 3.22. The van der Waals surface area contributed by atoms with Crippen LogP contribution in [0.5, 0.6) is 11.5 Å². The van der Waals surface area contributed by atoms with Crippen molar-refractivity contribution in [3.05, 3.63) is 83.4 Å². The first-order chi connectivity index (χ1) is 17.3. The second kappa shape index (κ2) is 9.87. The number of thiophene rings is 1. The van der Waals surface area contributed by atoms with E-state index in [1.807, 2.05) is 12.1 Å². The third-order valence-electron chi connectivity index (χ3n) is 5.35. The maximum atomic E-state index is 13.4. The summed E-state index contributed by atoms with van der Waals surface area (Å²) in [5.41, 5.74) is 1.41. The predicted molar refractivity (Wildman–Crippen MR) is 139 cm³/mol. The fraction of sp³-hybridized carbons (Fsp3) is 0.154. The van der Waals surface area contributed by atoms with Crippen LogP contribution in [-0.4, -0.2) is 32.6 Å². The Morgan fingerprint density at radius 3 is 2.75 bits per heavy atom. The number of rotatable bonds is 8. The number of benzene rings is 3. The maximum Gasteiger partial charge on any atom is 0.228 e. The molecule has 1 atom stereocenters. The predicted octanol–water partition coefficient (Wildman–Crippen LogP) is 6.04. The van der Waals surface area contributed by atoms with Crippen molar-refractivity contribution in [2.45, 2.75) is 19.3 Å². The molecule has 3 aromatic carbocycles. The summed E-state index contributed by atoms with van der Waals surface area (Å²) < 4.78 is 25.5. The van der Waals surface area contributed by atoms with Crippen LogP contribution in [0, 0.1) is 5.82 Å². The average molecular weight is 526 g/mol. The molecule has 10 heteroatoms. The van der Waals surface area contributed by atoms with Crippen LogP contribution in [0.25, 0.3) is 20.3 Å². The number of anilines is 2. The van der Waals surface area contributed by atoms with Gasteiger partial charge in [0.05, 0.1) is 10.4 Å². The number of hydrogen-bond acceptors (Lipinski definition) is 8. The molecule has 3 N–H and O–H groups in total. The van der Waals surface area contributed by atoms with Crippen LogP contribution in [0.1, 0.15) is 12.5 Å². The Morgan fingerprint density at radius 1 is 1.11 bits per heavy atom. The largest absolute Gasteiger partial charge is 0.487 e. The molecule has 7 nitrogen and oxygen atoms in total. The maximum absolute atomic E-state index is 13.4. The molecule has 0 saturated carbocycles. The summed E-state index contributed by atoms with van der Waals surface area (Å²) in [5, 5.41) is 24.7. The number of aliphatic hydroxyl groups excluding tert-OH is 1. The number of nitrogens with zero attached hydrogens (tertiary/aromatic N) is 2. The number of ether oxygens (including phenoxy) is 2. The van der Waals surface area contributed by atoms with Crippen molar-refractivity contribution in [1.29, 1.82) is 0 Å². The minimum absolute atomic E-state index is 0.192. The zero-order valence-electron chi connectivity index (χ0n) is 19.0. The molecule has 2 heterocycles. The molecule has 0 aliphatic heterocycles. The molecule has 0 fully saturated rings. The van der Waals surface area contributed by atoms with E-state index in [0.717, 1.165) is 20.3 Å². The molecule has 0 aliphatic rings. The van der Waals surface area contributed by atoms with Gasteiger partial charge in [0.25, 0.3) is 0 Å². The summed E-state index contributed by atoms with van der Waals surface area (Å²) in [6.45, 7) is 1.05. The SMILES string of the molecule is CC(O)(CO)Oc1ccc2c(c1)sc1ncnc(Nc3ccc(OCc4cccc(F)c4)c(Cl)c3)c12. The van der Waals surface area contributed by atoms with Crippen LogP contribution < -0.4 is 14.8 Å². The molecule has 5 aromatic rings. The fourth-order valence-corrected chi connectivity index (χ4v) is 4.96. The van der Waals surface area contributed by atoms with Crippen LogP contribution >= 0.6 is 22.9 Å². The van der Waals surface area contributed by atoms with Gasteiger partial charge in [0.15, 0.2) is 0 Å². The van der Waals surface area contributed by atoms with E-state index < -0.39 is 12.4 Å². The first-order valence-electron chi connectivity index (χ1n) is 10.9. The van der Waals surface area contributed by atoms with Gasteiger partial charge in [0.1, 0.15) is 47.5 Å². The Bertz CT molecular complexity index is 1560.